The second kappa shape index (κ2) is 7.09. The molecule has 0 bridgehead atoms. The first kappa shape index (κ1) is 15.3. The lowest BCUT2D eigenvalue weighted by Crippen LogP contribution is -2.14. The van der Waals surface area contributed by atoms with Crippen LogP contribution in [0.25, 0.3) is 0 Å². The van der Waals surface area contributed by atoms with Crippen molar-refractivity contribution in [1.29, 1.82) is 0 Å². The Morgan fingerprint density at radius 2 is 1.90 bits per heavy atom. The smallest absolute Gasteiger partial charge is 0.274 e. The number of halogens is 1. The van der Waals surface area contributed by atoms with Gasteiger partial charge in [-0.3, -0.25) is 9.78 Å². The fraction of sp³-hybridized carbons (Fsp3) is 0.250. The quantitative estimate of drug-likeness (QED) is 0.876. The third-order valence-electron chi connectivity index (χ3n) is 2.81. The lowest BCUT2D eigenvalue weighted by Gasteiger charge is -2.10. The van der Waals surface area contributed by atoms with Crippen molar-refractivity contribution in [2.75, 3.05) is 17.2 Å². The van der Waals surface area contributed by atoms with Gasteiger partial charge in [0.05, 0.1) is 0 Å². The van der Waals surface area contributed by atoms with Crippen LogP contribution in [-0.4, -0.2) is 17.4 Å². The van der Waals surface area contributed by atoms with Crippen LogP contribution in [0.2, 0.25) is 5.02 Å². The summed E-state index contributed by atoms with van der Waals surface area (Å²) >= 11 is 5.81. The van der Waals surface area contributed by atoms with Gasteiger partial charge < -0.3 is 10.6 Å². The van der Waals surface area contributed by atoms with Gasteiger partial charge in [0.15, 0.2) is 0 Å². The summed E-state index contributed by atoms with van der Waals surface area (Å²) in [4.78, 5) is 16.3. The van der Waals surface area contributed by atoms with Crippen molar-refractivity contribution in [3.63, 3.8) is 0 Å². The normalized spacial score (nSPS) is 10.5. The van der Waals surface area contributed by atoms with E-state index in [-0.39, 0.29) is 5.91 Å². The van der Waals surface area contributed by atoms with Gasteiger partial charge in [-0.05, 0) is 42.3 Å². The first-order valence-corrected chi connectivity index (χ1v) is 7.19. The second-order valence-corrected chi connectivity index (χ2v) is 5.60. The van der Waals surface area contributed by atoms with Crippen LogP contribution in [0.1, 0.15) is 24.3 Å². The molecular weight excluding hydrogens is 286 g/mol. The molecule has 2 aromatic rings. The molecule has 1 aromatic heterocycles. The Balaban J connectivity index is 2.05. The molecule has 1 aromatic carbocycles. The number of carbonyl (C=O) groups is 1. The first-order valence-electron chi connectivity index (χ1n) is 6.81. The van der Waals surface area contributed by atoms with E-state index in [1.807, 2.05) is 6.07 Å². The number of anilines is 2. The van der Waals surface area contributed by atoms with Crippen molar-refractivity contribution in [2.45, 2.75) is 13.8 Å². The van der Waals surface area contributed by atoms with Gasteiger partial charge in [-0.25, -0.2) is 0 Å². The summed E-state index contributed by atoms with van der Waals surface area (Å²) in [7, 11) is 0. The first-order chi connectivity index (χ1) is 10.0. The summed E-state index contributed by atoms with van der Waals surface area (Å²) in [6, 6.07) is 10.5. The van der Waals surface area contributed by atoms with E-state index in [1.165, 1.54) is 0 Å². The van der Waals surface area contributed by atoms with Gasteiger partial charge in [0.1, 0.15) is 5.69 Å². The Hall–Kier alpha value is -2.07. The minimum absolute atomic E-state index is 0.245. The summed E-state index contributed by atoms with van der Waals surface area (Å²) < 4.78 is 0. The van der Waals surface area contributed by atoms with Gasteiger partial charge >= 0.3 is 0 Å². The maximum absolute atomic E-state index is 12.2. The summed E-state index contributed by atoms with van der Waals surface area (Å²) in [5, 5.41) is 6.69. The lowest BCUT2D eigenvalue weighted by atomic mass is 10.2. The van der Waals surface area contributed by atoms with Crippen LogP contribution in [0.3, 0.4) is 0 Å². The number of nitrogens with zero attached hydrogens (tertiary/aromatic N) is 1. The molecule has 21 heavy (non-hydrogen) atoms. The SMILES string of the molecule is CC(C)CNc1ccnc(C(=O)Nc2ccc(Cl)cc2)c1. The highest BCUT2D eigenvalue weighted by Gasteiger charge is 2.08. The largest absolute Gasteiger partial charge is 0.385 e. The molecule has 0 radical (unpaired) electrons. The Labute approximate surface area is 129 Å². The van der Waals surface area contributed by atoms with E-state index >= 15 is 0 Å². The molecule has 0 fully saturated rings. The van der Waals surface area contributed by atoms with Gasteiger partial charge in [0.25, 0.3) is 5.91 Å². The van der Waals surface area contributed by atoms with Crippen LogP contribution in [0.15, 0.2) is 42.6 Å². The van der Waals surface area contributed by atoms with E-state index in [1.54, 1.807) is 36.5 Å². The Morgan fingerprint density at radius 3 is 2.57 bits per heavy atom. The van der Waals surface area contributed by atoms with E-state index in [9.17, 15) is 4.79 Å². The number of rotatable bonds is 5. The molecular formula is C16H18ClN3O. The summed E-state index contributed by atoms with van der Waals surface area (Å²) in [5.41, 5.74) is 1.95. The molecule has 110 valence electrons. The zero-order valence-corrected chi connectivity index (χ0v) is 12.8. The zero-order valence-electron chi connectivity index (χ0n) is 12.1. The highest BCUT2D eigenvalue weighted by molar-refractivity contribution is 6.30. The van der Waals surface area contributed by atoms with Crippen molar-refractivity contribution < 1.29 is 4.79 Å². The molecule has 1 heterocycles. The van der Waals surface area contributed by atoms with Crippen molar-refractivity contribution in [2.24, 2.45) is 5.92 Å². The van der Waals surface area contributed by atoms with Crippen LogP contribution in [-0.2, 0) is 0 Å². The number of pyridine rings is 1. The predicted octanol–water partition coefficient (Wildman–Crippen LogP) is 4.06. The van der Waals surface area contributed by atoms with E-state index in [0.717, 1.165) is 12.2 Å². The molecule has 0 aliphatic heterocycles. The van der Waals surface area contributed by atoms with E-state index in [4.69, 9.17) is 11.6 Å². The number of hydrogen-bond donors (Lipinski definition) is 2. The summed E-state index contributed by atoms with van der Waals surface area (Å²) in [6.07, 6.45) is 1.62. The van der Waals surface area contributed by atoms with Crippen LogP contribution < -0.4 is 10.6 Å². The topological polar surface area (TPSA) is 54.0 Å². The number of benzene rings is 1. The van der Waals surface area contributed by atoms with Crippen molar-refractivity contribution in [3.8, 4) is 0 Å². The third kappa shape index (κ3) is 4.76. The number of hydrogen-bond acceptors (Lipinski definition) is 3. The highest BCUT2D eigenvalue weighted by Crippen LogP contribution is 2.15. The Kier molecular flexibility index (Phi) is 5.17. The van der Waals surface area contributed by atoms with Gasteiger partial charge in [0.2, 0.25) is 0 Å². The second-order valence-electron chi connectivity index (χ2n) is 5.17. The third-order valence-corrected chi connectivity index (χ3v) is 3.06. The molecule has 0 atom stereocenters. The molecule has 0 spiro atoms. The average Bonchev–Trinajstić information content (AvgIpc) is 2.48. The molecule has 0 unspecified atom stereocenters. The minimum atomic E-state index is -0.245. The molecule has 2 rings (SSSR count). The molecule has 0 saturated heterocycles. The van der Waals surface area contributed by atoms with Gasteiger partial charge in [-0.1, -0.05) is 25.4 Å². The average molecular weight is 304 g/mol. The van der Waals surface area contributed by atoms with Gasteiger partial charge in [-0.15, -0.1) is 0 Å². The van der Waals surface area contributed by atoms with Crippen molar-refractivity contribution in [3.05, 3.63) is 53.3 Å². The van der Waals surface area contributed by atoms with E-state index in [2.05, 4.69) is 29.5 Å². The number of amides is 1. The summed E-state index contributed by atoms with van der Waals surface area (Å²) in [6.45, 7) is 5.10. The Bertz CT molecular complexity index is 611. The molecule has 4 nitrogen and oxygen atoms in total. The fourth-order valence-electron chi connectivity index (χ4n) is 1.72. The highest BCUT2D eigenvalue weighted by atomic mass is 35.5. The molecule has 5 heteroatoms. The number of nitrogens with one attached hydrogen (secondary N) is 2. The number of carbonyl (C=O) groups excluding carboxylic acids is 1. The maximum atomic E-state index is 12.2. The Morgan fingerprint density at radius 1 is 1.19 bits per heavy atom. The maximum Gasteiger partial charge on any atom is 0.274 e. The van der Waals surface area contributed by atoms with E-state index < -0.39 is 0 Å². The lowest BCUT2D eigenvalue weighted by molar-refractivity contribution is 0.102. The summed E-state index contributed by atoms with van der Waals surface area (Å²) in [5.74, 6) is 0.287. The van der Waals surface area contributed by atoms with Crippen LogP contribution in [0.4, 0.5) is 11.4 Å². The molecule has 0 aliphatic rings. The minimum Gasteiger partial charge on any atom is -0.385 e. The standard InChI is InChI=1S/C16H18ClN3O/c1-11(2)10-19-14-7-8-18-15(9-14)16(21)20-13-5-3-12(17)4-6-13/h3-9,11H,10H2,1-2H3,(H,18,19)(H,20,21). The van der Waals surface area contributed by atoms with Crippen LogP contribution >= 0.6 is 11.6 Å². The predicted molar refractivity (Wildman–Crippen MR) is 87.0 cm³/mol. The zero-order chi connectivity index (χ0) is 15.2. The van der Waals surface area contributed by atoms with E-state index in [0.29, 0.717) is 22.3 Å². The van der Waals surface area contributed by atoms with Crippen LogP contribution in [0.5, 0.6) is 0 Å². The monoisotopic (exact) mass is 303 g/mol. The molecule has 0 saturated carbocycles. The molecule has 1 amide bonds. The molecule has 0 aliphatic carbocycles. The van der Waals surface area contributed by atoms with Gasteiger partial charge in [0, 0.05) is 29.1 Å². The van der Waals surface area contributed by atoms with Crippen molar-refractivity contribution >= 4 is 28.9 Å². The molecule has 2 N–H and O–H groups in total. The number of aromatic nitrogens is 1. The van der Waals surface area contributed by atoms with Gasteiger partial charge in [-0.2, -0.15) is 0 Å². The van der Waals surface area contributed by atoms with Crippen LogP contribution in [0, 0.1) is 5.92 Å². The van der Waals surface area contributed by atoms with Crippen molar-refractivity contribution in [1.82, 2.24) is 4.98 Å². The fourth-order valence-corrected chi connectivity index (χ4v) is 1.84.